The summed E-state index contributed by atoms with van der Waals surface area (Å²) in [6.45, 7) is 1.25. The Kier molecular flexibility index (Phi) is 4.15. The monoisotopic (exact) mass is 267 g/mol. The van der Waals surface area contributed by atoms with Crippen LogP contribution in [0.25, 0.3) is 0 Å². The van der Waals surface area contributed by atoms with Crippen molar-refractivity contribution in [3.8, 4) is 0 Å². The van der Waals surface area contributed by atoms with Gasteiger partial charge in [-0.3, -0.25) is 19.4 Å². The zero-order valence-corrected chi connectivity index (χ0v) is 10.9. The van der Waals surface area contributed by atoms with Gasteiger partial charge in [0.15, 0.2) is 11.6 Å². The molecule has 1 aromatic carbocycles. The number of rotatable bonds is 5. The van der Waals surface area contributed by atoms with Crippen LogP contribution in [0.3, 0.4) is 0 Å². The molecule has 0 fully saturated rings. The van der Waals surface area contributed by atoms with Crippen LogP contribution in [-0.4, -0.2) is 22.3 Å². The van der Waals surface area contributed by atoms with E-state index in [0.29, 0.717) is 11.1 Å². The molecule has 2 rings (SSSR count). The molecule has 20 heavy (non-hydrogen) atoms. The minimum atomic E-state index is -1.29. The van der Waals surface area contributed by atoms with Crippen LogP contribution in [0.2, 0.25) is 0 Å². The Morgan fingerprint density at radius 3 is 1.85 bits per heavy atom. The summed E-state index contributed by atoms with van der Waals surface area (Å²) in [5.74, 6) is -2.71. The summed E-state index contributed by atoms with van der Waals surface area (Å²) in [6, 6.07) is 11.3. The lowest BCUT2D eigenvalue weighted by atomic mass is 9.87. The number of hydrogen-bond donors (Lipinski definition) is 0. The van der Waals surface area contributed by atoms with Crippen LogP contribution in [-0.2, 0) is 4.79 Å². The van der Waals surface area contributed by atoms with Crippen molar-refractivity contribution >= 4 is 17.3 Å². The number of carbonyl (C=O) groups is 3. The molecular weight excluding hydrogens is 254 g/mol. The minimum Gasteiger partial charge on any atom is -0.299 e. The Hall–Kier alpha value is -2.62. The van der Waals surface area contributed by atoms with Crippen molar-refractivity contribution < 1.29 is 14.4 Å². The molecule has 0 saturated heterocycles. The fourth-order valence-corrected chi connectivity index (χ4v) is 1.94. The fourth-order valence-electron chi connectivity index (χ4n) is 1.94. The number of aromatic nitrogens is 1. The van der Waals surface area contributed by atoms with Gasteiger partial charge in [-0.15, -0.1) is 0 Å². The number of benzene rings is 1. The third-order valence-corrected chi connectivity index (χ3v) is 2.95. The second kappa shape index (κ2) is 6.02. The van der Waals surface area contributed by atoms with Crippen molar-refractivity contribution in [2.75, 3.05) is 0 Å². The normalized spacial score (nSPS) is 11.7. The zero-order chi connectivity index (χ0) is 14.5. The molecule has 0 radical (unpaired) electrons. The maximum Gasteiger partial charge on any atom is 0.181 e. The Bertz CT molecular complexity index is 584. The highest BCUT2D eigenvalue weighted by molar-refractivity contribution is 6.27. The van der Waals surface area contributed by atoms with E-state index in [1.807, 2.05) is 0 Å². The van der Waals surface area contributed by atoms with E-state index in [9.17, 15) is 14.4 Å². The average molecular weight is 267 g/mol. The second-order valence-electron chi connectivity index (χ2n) is 4.37. The summed E-state index contributed by atoms with van der Waals surface area (Å²) in [4.78, 5) is 40.2. The first-order chi connectivity index (χ1) is 9.61. The van der Waals surface area contributed by atoms with Gasteiger partial charge in [-0.1, -0.05) is 30.3 Å². The van der Waals surface area contributed by atoms with Crippen LogP contribution >= 0.6 is 0 Å². The molecular formula is C16H13NO3. The molecule has 0 spiro atoms. The summed E-state index contributed by atoms with van der Waals surface area (Å²) in [5, 5.41) is 0. The molecule has 0 aliphatic heterocycles. The maximum absolute atomic E-state index is 12.3. The molecule has 1 unspecified atom stereocenters. The molecule has 0 aliphatic carbocycles. The van der Waals surface area contributed by atoms with Crippen LogP contribution in [0.15, 0.2) is 54.9 Å². The molecule has 2 aromatic rings. The lowest BCUT2D eigenvalue weighted by Crippen LogP contribution is -2.30. The first-order valence-corrected chi connectivity index (χ1v) is 6.15. The highest BCUT2D eigenvalue weighted by Gasteiger charge is 2.32. The van der Waals surface area contributed by atoms with Crippen LogP contribution in [0.4, 0.5) is 0 Å². The molecule has 0 amide bonds. The van der Waals surface area contributed by atoms with E-state index in [0.717, 1.165) is 0 Å². The first-order valence-electron chi connectivity index (χ1n) is 6.15. The minimum absolute atomic E-state index is 0.310. The van der Waals surface area contributed by atoms with Crippen molar-refractivity contribution in [1.82, 2.24) is 4.98 Å². The number of nitrogens with zero attached hydrogens (tertiary/aromatic N) is 1. The average Bonchev–Trinajstić information content (AvgIpc) is 2.48. The van der Waals surface area contributed by atoms with Gasteiger partial charge >= 0.3 is 0 Å². The SMILES string of the molecule is CC(=O)C(C(=O)c1ccccc1)C(=O)c1ccncc1. The van der Waals surface area contributed by atoms with Crippen LogP contribution in [0.5, 0.6) is 0 Å². The maximum atomic E-state index is 12.3. The van der Waals surface area contributed by atoms with Gasteiger partial charge in [-0.25, -0.2) is 0 Å². The van der Waals surface area contributed by atoms with Crippen molar-refractivity contribution in [3.63, 3.8) is 0 Å². The molecule has 1 aromatic heterocycles. The fraction of sp³-hybridized carbons (Fsp3) is 0.125. The van der Waals surface area contributed by atoms with Gasteiger partial charge in [0.05, 0.1) is 0 Å². The van der Waals surface area contributed by atoms with Gasteiger partial charge in [0.1, 0.15) is 11.7 Å². The van der Waals surface area contributed by atoms with Crippen molar-refractivity contribution in [2.24, 2.45) is 5.92 Å². The predicted molar refractivity (Wildman–Crippen MR) is 73.5 cm³/mol. The smallest absolute Gasteiger partial charge is 0.181 e. The predicted octanol–water partition coefficient (Wildman–Crippen LogP) is 2.35. The van der Waals surface area contributed by atoms with E-state index in [-0.39, 0.29) is 0 Å². The number of ketones is 3. The van der Waals surface area contributed by atoms with Gasteiger partial charge in [-0.2, -0.15) is 0 Å². The molecule has 0 aliphatic rings. The van der Waals surface area contributed by atoms with Crippen molar-refractivity contribution in [3.05, 3.63) is 66.0 Å². The van der Waals surface area contributed by atoms with Crippen LogP contribution < -0.4 is 0 Å². The topological polar surface area (TPSA) is 64.1 Å². The van der Waals surface area contributed by atoms with Crippen molar-refractivity contribution in [2.45, 2.75) is 6.92 Å². The molecule has 4 heteroatoms. The van der Waals surface area contributed by atoms with E-state index in [2.05, 4.69) is 4.98 Å². The summed E-state index contributed by atoms with van der Waals surface area (Å²) < 4.78 is 0. The summed E-state index contributed by atoms with van der Waals surface area (Å²) >= 11 is 0. The molecule has 0 bridgehead atoms. The zero-order valence-electron chi connectivity index (χ0n) is 10.9. The summed E-state index contributed by atoms with van der Waals surface area (Å²) in [6.07, 6.45) is 2.91. The lowest BCUT2D eigenvalue weighted by Gasteiger charge is -2.11. The molecule has 100 valence electrons. The third kappa shape index (κ3) is 2.85. The largest absolute Gasteiger partial charge is 0.299 e. The Labute approximate surface area is 116 Å². The number of hydrogen-bond acceptors (Lipinski definition) is 4. The van der Waals surface area contributed by atoms with E-state index in [4.69, 9.17) is 0 Å². The van der Waals surface area contributed by atoms with Gasteiger partial charge in [0.2, 0.25) is 0 Å². The van der Waals surface area contributed by atoms with E-state index in [1.165, 1.54) is 31.5 Å². The number of pyridine rings is 1. The molecule has 0 saturated carbocycles. The first kappa shape index (κ1) is 13.8. The number of carbonyl (C=O) groups excluding carboxylic acids is 3. The lowest BCUT2D eigenvalue weighted by molar-refractivity contribution is -0.118. The van der Waals surface area contributed by atoms with E-state index < -0.39 is 23.3 Å². The van der Waals surface area contributed by atoms with Gasteiger partial charge in [0.25, 0.3) is 0 Å². The Morgan fingerprint density at radius 2 is 1.35 bits per heavy atom. The van der Waals surface area contributed by atoms with E-state index in [1.54, 1.807) is 30.3 Å². The quantitative estimate of drug-likeness (QED) is 0.616. The molecule has 1 heterocycles. The number of Topliss-reactive ketones (excluding diaryl/α,β-unsaturated/α-hetero) is 3. The standard InChI is InChI=1S/C16H13NO3/c1-11(18)14(15(19)12-5-3-2-4-6-12)16(20)13-7-9-17-10-8-13/h2-10,14H,1H3. The highest BCUT2D eigenvalue weighted by Crippen LogP contribution is 2.16. The molecule has 4 nitrogen and oxygen atoms in total. The Balaban J connectivity index is 2.36. The van der Waals surface area contributed by atoms with Gasteiger partial charge < -0.3 is 0 Å². The van der Waals surface area contributed by atoms with Crippen LogP contribution in [0.1, 0.15) is 27.6 Å². The van der Waals surface area contributed by atoms with Gasteiger partial charge in [0, 0.05) is 23.5 Å². The van der Waals surface area contributed by atoms with Crippen molar-refractivity contribution in [1.29, 1.82) is 0 Å². The molecule has 1 atom stereocenters. The molecule has 0 N–H and O–H groups in total. The van der Waals surface area contributed by atoms with Gasteiger partial charge in [-0.05, 0) is 19.1 Å². The van der Waals surface area contributed by atoms with Crippen LogP contribution in [0, 0.1) is 5.92 Å². The summed E-state index contributed by atoms with van der Waals surface area (Å²) in [7, 11) is 0. The summed E-state index contributed by atoms with van der Waals surface area (Å²) in [5.41, 5.74) is 0.666. The highest BCUT2D eigenvalue weighted by atomic mass is 16.2. The third-order valence-electron chi connectivity index (χ3n) is 2.95. The Morgan fingerprint density at radius 1 is 0.850 bits per heavy atom. The second-order valence-corrected chi connectivity index (χ2v) is 4.37. The van der Waals surface area contributed by atoms with E-state index >= 15 is 0 Å².